The minimum absolute atomic E-state index is 0.0939. The molecule has 2 aromatic heterocycles. The number of benzene rings is 1. The molecule has 0 saturated carbocycles. The molecule has 0 aliphatic carbocycles. The quantitative estimate of drug-likeness (QED) is 0.757. The third-order valence-electron chi connectivity index (χ3n) is 3.60. The zero-order valence-corrected chi connectivity index (χ0v) is 12.9. The minimum Gasteiger partial charge on any atom is -0.395 e. The van der Waals surface area contributed by atoms with Crippen LogP contribution in [0.2, 0.25) is 0 Å². The predicted octanol–water partition coefficient (Wildman–Crippen LogP) is 3.43. The predicted molar refractivity (Wildman–Crippen MR) is 87.2 cm³/mol. The van der Waals surface area contributed by atoms with Crippen molar-refractivity contribution in [1.82, 2.24) is 9.88 Å². The Hall–Kier alpha value is -1.82. The molecule has 0 fully saturated rings. The van der Waals surface area contributed by atoms with Crippen LogP contribution >= 0.6 is 11.3 Å². The molecular weight excluding hydrogens is 299 g/mol. The molecule has 3 nitrogen and oxygen atoms in total. The molecule has 0 unspecified atom stereocenters. The van der Waals surface area contributed by atoms with Crippen LogP contribution in [-0.4, -0.2) is 28.1 Å². The van der Waals surface area contributed by atoms with Crippen molar-refractivity contribution < 1.29 is 9.50 Å². The first-order valence-corrected chi connectivity index (χ1v) is 8.08. The topological polar surface area (TPSA) is 36.4 Å². The SMILES string of the molecule is OCCN(Cc1ccsc1)Cc1ccc(F)c2cccnc12. The summed E-state index contributed by atoms with van der Waals surface area (Å²) >= 11 is 1.66. The molecular formula is C17H17FN2OS. The van der Waals surface area contributed by atoms with Gasteiger partial charge in [-0.15, -0.1) is 0 Å². The summed E-state index contributed by atoms with van der Waals surface area (Å²) < 4.78 is 13.9. The second-order valence-electron chi connectivity index (χ2n) is 5.17. The lowest BCUT2D eigenvalue weighted by Crippen LogP contribution is -2.26. The molecule has 114 valence electrons. The van der Waals surface area contributed by atoms with Crippen molar-refractivity contribution in [3.05, 3.63) is 64.2 Å². The Bertz CT molecular complexity index is 746. The number of halogens is 1. The fourth-order valence-corrected chi connectivity index (χ4v) is 3.22. The van der Waals surface area contributed by atoms with Gasteiger partial charge in [0.1, 0.15) is 5.82 Å². The van der Waals surface area contributed by atoms with E-state index < -0.39 is 0 Å². The van der Waals surface area contributed by atoms with Crippen molar-refractivity contribution in [2.45, 2.75) is 13.1 Å². The number of rotatable bonds is 6. The molecule has 1 N–H and O–H groups in total. The number of fused-ring (bicyclic) bond motifs is 1. The van der Waals surface area contributed by atoms with Gasteiger partial charge < -0.3 is 5.11 Å². The number of hydrogen-bond donors (Lipinski definition) is 1. The summed E-state index contributed by atoms with van der Waals surface area (Å²) in [7, 11) is 0. The van der Waals surface area contributed by atoms with E-state index in [2.05, 4.69) is 21.3 Å². The van der Waals surface area contributed by atoms with Gasteiger partial charge in [0.2, 0.25) is 0 Å². The van der Waals surface area contributed by atoms with Gasteiger partial charge >= 0.3 is 0 Å². The second kappa shape index (κ2) is 6.96. The maximum Gasteiger partial charge on any atom is 0.132 e. The highest BCUT2D eigenvalue weighted by molar-refractivity contribution is 7.07. The number of aliphatic hydroxyl groups is 1. The number of thiophene rings is 1. The summed E-state index contributed by atoms with van der Waals surface area (Å²) in [6.07, 6.45) is 1.68. The van der Waals surface area contributed by atoms with E-state index in [0.717, 1.165) is 12.1 Å². The average Bonchev–Trinajstić information content (AvgIpc) is 3.03. The smallest absolute Gasteiger partial charge is 0.132 e. The molecule has 2 heterocycles. The first-order chi connectivity index (χ1) is 10.8. The van der Waals surface area contributed by atoms with Gasteiger partial charge in [-0.2, -0.15) is 11.3 Å². The van der Waals surface area contributed by atoms with Crippen LogP contribution in [0.5, 0.6) is 0 Å². The zero-order chi connectivity index (χ0) is 15.4. The van der Waals surface area contributed by atoms with E-state index >= 15 is 0 Å². The Morgan fingerprint density at radius 1 is 1.18 bits per heavy atom. The first-order valence-electron chi connectivity index (χ1n) is 7.14. The van der Waals surface area contributed by atoms with Gasteiger partial charge in [0.25, 0.3) is 0 Å². The Labute approximate surface area is 132 Å². The number of aliphatic hydroxyl groups excluding tert-OH is 1. The molecule has 0 bridgehead atoms. The van der Waals surface area contributed by atoms with Crippen LogP contribution < -0.4 is 0 Å². The average molecular weight is 316 g/mol. The van der Waals surface area contributed by atoms with E-state index in [0.29, 0.717) is 24.0 Å². The summed E-state index contributed by atoms with van der Waals surface area (Å²) in [6.45, 7) is 2.05. The van der Waals surface area contributed by atoms with E-state index in [1.807, 2.05) is 5.38 Å². The van der Waals surface area contributed by atoms with Gasteiger partial charge in [-0.3, -0.25) is 9.88 Å². The molecule has 0 aliphatic heterocycles. The molecule has 0 atom stereocenters. The third-order valence-corrected chi connectivity index (χ3v) is 4.33. The molecule has 0 aliphatic rings. The molecule has 5 heteroatoms. The lowest BCUT2D eigenvalue weighted by atomic mass is 10.1. The van der Waals surface area contributed by atoms with E-state index in [4.69, 9.17) is 0 Å². The summed E-state index contributed by atoms with van der Waals surface area (Å²) in [5, 5.41) is 14.0. The van der Waals surface area contributed by atoms with E-state index in [-0.39, 0.29) is 12.4 Å². The van der Waals surface area contributed by atoms with Gasteiger partial charge in [-0.1, -0.05) is 6.07 Å². The summed E-state index contributed by atoms with van der Waals surface area (Å²) in [5.74, 6) is -0.251. The molecule has 1 aromatic carbocycles. The van der Waals surface area contributed by atoms with Crippen LogP contribution in [-0.2, 0) is 13.1 Å². The van der Waals surface area contributed by atoms with Crippen LogP contribution in [0.4, 0.5) is 4.39 Å². The number of pyridine rings is 1. The molecule has 0 amide bonds. The van der Waals surface area contributed by atoms with E-state index in [1.165, 1.54) is 11.6 Å². The van der Waals surface area contributed by atoms with Crippen LogP contribution in [0, 0.1) is 5.82 Å². The molecule has 0 spiro atoms. The van der Waals surface area contributed by atoms with Crippen molar-refractivity contribution in [2.75, 3.05) is 13.2 Å². The Morgan fingerprint density at radius 2 is 2.09 bits per heavy atom. The van der Waals surface area contributed by atoms with Crippen molar-refractivity contribution in [3.63, 3.8) is 0 Å². The standard InChI is InChI=1S/C17H17FN2OS/c18-16-4-3-14(17-15(16)2-1-6-19-17)11-20(7-8-21)10-13-5-9-22-12-13/h1-6,9,12,21H,7-8,10-11H2. The fraction of sp³-hybridized carbons (Fsp3) is 0.235. The number of hydrogen-bond acceptors (Lipinski definition) is 4. The first kappa shape index (κ1) is 15.1. The lowest BCUT2D eigenvalue weighted by Gasteiger charge is -2.21. The molecule has 22 heavy (non-hydrogen) atoms. The molecule has 3 rings (SSSR count). The highest BCUT2D eigenvalue weighted by atomic mass is 32.1. The largest absolute Gasteiger partial charge is 0.395 e. The van der Waals surface area contributed by atoms with Crippen LogP contribution in [0.15, 0.2) is 47.3 Å². The molecule has 3 aromatic rings. The third kappa shape index (κ3) is 3.32. The van der Waals surface area contributed by atoms with Gasteiger partial charge in [0, 0.05) is 31.2 Å². The maximum atomic E-state index is 13.9. The Balaban J connectivity index is 1.88. The summed E-state index contributed by atoms with van der Waals surface area (Å²) in [4.78, 5) is 6.47. The maximum absolute atomic E-state index is 13.9. The van der Waals surface area contributed by atoms with Gasteiger partial charge in [0.15, 0.2) is 0 Å². The minimum atomic E-state index is -0.251. The van der Waals surface area contributed by atoms with Gasteiger partial charge in [0.05, 0.1) is 12.1 Å². The van der Waals surface area contributed by atoms with Crippen LogP contribution in [0.3, 0.4) is 0 Å². The normalized spacial score (nSPS) is 11.4. The van der Waals surface area contributed by atoms with Gasteiger partial charge in [-0.05, 0) is 46.2 Å². The van der Waals surface area contributed by atoms with E-state index in [1.54, 1.807) is 35.7 Å². The highest BCUT2D eigenvalue weighted by Gasteiger charge is 2.12. The molecule has 0 radical (unpaired) electrons. The van der Waals surface area contributed by atoms with Crippen molar-refractivity contribution >= 4 is 22.2 Å². The second-order valence-corrected chi connectivity index (χ2v) is 5.95. The van der Waals surface area contributed by atoms with Gasteiger partial charge in [-0.25, -0.2) is 4.39 Å². The van der Waals surface area contributed by atoms with E-state index in [9.17, 15) is 9.50 Å². The van der Waals surface area contributed by atoms with Crippen LogP contribution in [0.25, 0.3) is 10.9 Å². The van der Waals surface area contributed by atoms with Crippen molar-refractivity contribution in [1.29, 1.82) is 0 Å². The number of aromatic nitrogens is 1. The monoisotopic (exact) mass is 316 g/mol. The Morgan fingerprint density at radius 3 is 2.86 bits per heavy atom. The fourth-order valence-electron chi connectivity index (χ4n) is 2.56. The summed E-state index contributed by atoms with van der Waals surface area (Å²) in [6, 6.07) is 8.84. The zero-order valence-electron chi connectivity index (χ0n) is 12.1. The number of nitrogens with zero attached hydrogens (tertiary/aromatic N) is 2. The Kier molecular flexibility index (Phi) is 4.77. The highest BCUT2D eigenvalue weighted by Crippen LogP contribution is 2.22. The summed E-state index contributed by atoms with van der Waals surface area (Å²) in [5.41, 5.74) is 2.88. The van der Waals surface area contributed by atoms with Crippen molar-refractivity contribution in [2.24, 2.45) is 0 Å². The molecule has 0 saturated heterocycles. The van der Waals surface area contributed by atoms with Crippen LogP contribution in [0.1, 0.15) is 11.1 Å². The lowest BCUT2D eigenvalue weighted by molar-refractivity contribution is 0.185. The van der Waals surface area contributed by atoms with Crippen molar-refractivity contribution in [3.8, 4) is 0 Å².